The van der Waals surface area contributed by atoms with Gasteiger partial charge in [-0.25, -0.2) is 15.0 Å². The molecule has 0 radical (unpaired) electrons. The van der Waals surface area contributed by atoms with Crippen molar-refractivity contribution in [2.75, 3.05) is 6.54 Å². The molecular weight excluding hydrogens is 408 g/mol. The fraction of sp³-hybridized carbons (Fsp3) is 0.304. The summed E-state index contributed by atoms with van der Waals surface area (Å²) < 4.78 is 5.78. The number of aromatic nitrogens is 4. The normalized spacial score (nSPS) is 17.8. The number of hydrogen-bond donors (Lipinski definition) is 2. The van der Waals surface area contributed by atoms with Crippen LogP contribution in [0.5, 0.6) is 11.6 Å². The van der Waals surface area contributed by atoms with Crippen LogP contribution < -0.4 is 15.8 Å². The van der Waals surface area contributed by atoms with E-state index in [2.05, 4.69) is 25.3 Å². The van der Waals surface area contributed by atoms with Crippen molar-refractivity contribution in [2.45, 2.75) is 31.6 Å². The molecule has 1 aromatic carbocycles. The van der Waals surface area contributed by atoms with Gasteiger partial charge in [0.05, 0.1) is 18.1 Å². The number of carbonyl (C=O) groups excluding carboxylic acids is 2. The lowest BCUT2D eigenvalue weighted by Gasteiger charge is -2.10. The van der Waals surface area contributed by atoms with E-state index >= 15 is 0 Å². The number of nitrogens with one attached hydrogen (secondary N) is 1. The lowest BCUT2D eigenvalue weighted by atomic mass is 10.0. The van der Waals surface area contributed by atoms with Crippen LogP contribution in [0.2, 0.25) is 0 Å². The number of amides is 2. The molecule has 3 heterocycles. The molecule has 2 amide bonds. The summed E-state index contributed by atoms with van der Waals surface area (Å²) in [5.74, 6) is 1.12. The standard InChI is InChI=1S/C23H22N6O3/c24-21(30)18-10-16(9-15-7-8-25-23(15)31)28-22(29-18)14-3-5-17(6-4-14)32-20-12-26-19(11-27-20)13-1-2-13/h3-6,10-13,15H,1-2,7-9H2,(H2,24,30)(H,25,31)/t15-/m1/s1. The third kappa shape index (κ3) is 4.41. The van der Waals surface area contributed by atoms with Crippen LogP contribution in [0.25, 0.3) is 11.4 Å². The highest BCUT2D eigenvalue weighted by Gasteiger charge is 2.26. The maximum absolute atomic E-state index is 11.9. The van der Waals surface area contributed by atoms with Crippen molar-refractivity contribution in [3.63, 3.8) is 0 Å². The molecular formula is C23H22N6O3. The number of nitrogens with zero attached hydrogens (tertiary/aromatic N) is 4. The molecule has 3 aromatic rings. The number of hydrogen-bond acceptors (Lipinski definition) is 7. The van der Waals surface area contributed by atoms with Gasteiger partial charge < -0.3 is 15.8 Å². The SMILES string of the molecule is NC(=O)c1cc(C[C@H]2CCNC2=O)nc(-c2ccc(Oc3cnc(C4CC4)cn3)cc2)n1. The second-order valence-corrected chi connectivity index (χ2v) is 8.09. The molecule has 9 heteroatoms. The summed E-state index contributed by atoms with van der Waals surface area (Å²) in [6, 6.07) is 8.70. The van der Waals surface area contributed by atoms with E-state index in [1.807, 2.05) is 0 Å². The van der Waals surface area contributed by atoms with E-state index in [9.17, 15) is 9.59 Å². The van der Waals surface area contributed by atoms with E-state index in [0.29, 0.717) is 47.6 Å². The zero-order valence-electron chi connectivity index (χ0n) is 17.3. The van der Waals surface area contributed by atoms with Gasteiger partial charge in [0, 0.05) is 36.1 Å². The Kier molecular flexibility index (Phi) is 5.22. The van der Waals surface area contributed by atoms with Crippen molar-refractivity contribution in [1.29, 1.82) is 0 Å². The highest BCUT2D eigenvalue weighted by Crippen LogP contribution is 2.38. The summed E-state index contributed by atoms with van der Waals surface area (Å²) in [7, 11) is 0. The highest BCUT2D eigenvalue weighted by atomic mass is 16.5. The Balaban J connectivity index is 1.35. The summed E-state index contributed by atoms with van der Waals surface area (Å²) in [5.41, 5.74) is 7.90. The van der Waals surface area contributed by atoms with Crippen LogP contribution >= 0.6 is 0 Å². The first-order chi connectivity index (χ1) is 15.5. The van der Waals surface area contributed by atoms with Crippen molar-refractivity contribution in [1.82, 2.24) is 25.3 Å². The van der Waals surface area contributed by atoms with Crippen molar-refractivity contribution in [3.05, 3.63) is 59.8 Å². The monoisotopic (exact) mass is 430 g/mol. The van der Waals surface area contributed by atoms with E-state index in [-0.39, 0.29) is 17.5 Å². The van der Waals surface area contributed by atoms with Gasteiger partial charge in [0.15, 0.2) is 5.82 Å². The van der Waals surface area contributed by atoms with E-state index in [0.717, 1.165) is 12.1 Å². The minimum absolute atomic E-state index is 0.000511. The van der Waals surface area contributed by atoms with Crippen LogP contribution in [0.15, 0.2) is 42.7 Å². The third-order valence-electron chi connectivity index (χ3n) is 5.63. The Morgan fingerprint density at radius 1 is 1.09 bits per heavy atom. The van der Waals surface area contributed by atoms with Gasteiger partial charge in [-0.15, -0.1) is 0 Å². The highest BCUT2D eigenvalue weighted by molar-refractivity contribution is 5.91. The number of benzene rings is 1. The van der Waals surface area contributed by atoms with Gasteiger partial charge in [0.25, 0.3) is 5.91 Å². The fourth-order valence-corrected chi connectivity index (χ4v) is 3.71. The number of carbonyl (C=O) groups is 2. The van der Waals surface area contributed by atoms with Gasteiger partial charge >= 0.3 is 0 Å². The van der Waals surface area contributed by atoms with Gasteiger partial charge in [-0.1, -0.05) is 0 Å². The van der Waals surface area contributed by atoms with Crippen LogP contribution in [0.1, 0.15) is 47.1 Å². The maximum Gasteiger partial charge on any atom is 0.267 e. The number of primary amides is 1. The lowest BCUT2D eigenvalue weighted by Crippen LogP contribution is -2.21. The van der Waals surface area contributed by atoms with Gasteiger partial charge in [-0.05, 0) is 49.6 Å². The van der Waals surface area contributed by atoms with Crippen LogP contribution in [0.4, 0.5) is 0 Å². The maximum atomic E-state index is 11.9. The van der Waals surface area contributed by atoms with Crippen molar-refractivity contribution < 1.29 is 14.3 Å². The average Bonchev–Trinajstić information content (AvgIpc) is 3.58. The summed E-state index contributed by atoms with van der Waals surface area (Å²) in [6.45, 7) is 0.652. The van der Waals surface area contributed by atoms with Crippen LogP contribution in [0, 0.1) is 5.92 Å². The molecule has 162 valence electrons. The first-order valence-electron chi connectivity index (χ1n) is 10.6. The molecule has 0 bridgehead atoms. The molecule has 0 unspecified atom stereocenters. The van der Waals surface area contributed by atoms with E-state index < -0.39 is 5.91 Å². The van der Waals surface area contributed by atoms with E-state index in [4.69, 9.17) is 10.5 Å². The zero-order chi connectivity index (χ0) is 22.1. The second-order valence-electron chi connectivity index (χ2n) is 8.09. The molecule has 0 spiro atoms. The van der Waals surface area contributed by atoms with Crippen molar-refractivity contribution in [3.8, 4) is 23.0 Å². The molecule has 32 heavy (non-hydrogen) atoms. The molecule has 9 nitrogen and oxygen atoms in total. The molecule has 3 N–H and O–H groups in total. The van der Waals surface area contributed by atoms with Gasteiger partial charge in [-0.3, -0.25) is 14.6 Å². The molecule has 5 rings (SSSR count). The lowest BCUT2D eigenvalue weighted by molar-refractivity contribution is -0.122. The third-order valence-corrected chi connectivity index (χ3v) is 5.63. The zero-order valence-corrected chi connectivity index (χ0v) is 17.3. The molecule has 1 aliphatic carbocycles. The van der Waals surface area contributed by atoms with E-state index in [1.165, 1.54) is 12.8 Å². The van der Waals surface area contributed by atoms with Crippen LogP contribution in [-0.4, -0.2) is 38.3 Å². The number of ether oxygens (including phenoxy) is 1. The molecule has 1 aliphatic heterocycles. The summed E-state index contributed by atoms with van der Waals surface area (Å²) in [5, 5.41) is 2.81. The minimum Gasteiger partial charge on any atom is -0.438 e. The summed E-state index contributed by atoms with van der Waals surface area (Å²) >= 11 is 0. The van der Waals surface area contributed by atoms with E-state index in [1.54, 1.807) is 42.7 Å². The predicted molar refractivity (Wildman–Crippen MR) is 115 cm³/mol. The van der Waals surface area contributed by atoms with Crippen molar-refractivity contribution in [2.24, 2.45) is 11.7 Å². The number of rotatable bonds is 7. The van der Waals surface area contributed by atoms with Gasteiger partial charge in [0.1, 0.15) is 11.4 Å². The summed E-state index contributed by atoms with van der Waals surface area (Å²) in [4.78, 5) is 41.3. The Morgan fingerprint density at radius 3 is 2.53 bits per heavy atom. The van der Waals surface area contributed by atoms with Gasteiger partial charge in [0.2, 0.25) is 11.8 Å². The molecule has 2 aliphatic rings. The topological polar surface area (TPSA) is 133 Å². The first-order valence-corrected chi connectivity index (χ1v) is 10.6. The summed E-state index contributed by atoms with van der Waals surface area (Å²) in [6.07, 6.45) is 6.90. The molecule has 1 atom stereocenters. The average molecular weight is 430 g/mol. The molecule has 1 saturated heterocycles. The molecule has 2 aromatic heterocycles. The fourth-order valence-electron chi connectivity index (χ4n) is 3.71. The predicted octanol–water partition coefficient (Wildman–Crippen LogP) is 2.38. The quantitative estimate of drug-likeness (QED) is 0.588. The molecule has 1 saturated carbocycles. The van der Waals surface area contributed by atoms with Gasteiger partial charge in [-0.2, -0.15) is 0 Å². The van der Waals surface area contributed by atoms with Crippen LogP contribution in [0.3, 0.4) is 0 Å². The van der Waals surface area contributed by atoms with Crippen LogP contribution in [-0.2, 0) is 11.2 Å². The Labute approximate surface area is 184 Å². The number of nitrogens with two attached hydrogens (primary N) is 1. The molecule has 2 fully saturated rings. The largest absolute Gasteiger partial charge is 0.438 e. The first kappa shape index (κ1) is 20.0. The second kappa shape index (κ2) is 8.33. The Hall–Kier alpha value is -3.88. The smallest absolute Gasteiger partial charge is 0.267 e. The Morgan fingerprint density at radius 2 is 1.91 bits per heavy atom. The Bertz CT molecular complexity index is 1160. The van der Waals surface area contributed by atoms with Crippen molar-refractivity contribution >= 4 is 11.8 Å². The minimum atomic E-state index is -0.640.